The van der Waals surface area contributed by atoms with Crippen molar-refractivity contribution < 1.29 is 8.78 Å². The Bertz CT molecular complexity index is 520. The molecule has 0 amide bonds. The van der Waals surface area contributed by atoms with Crippen LogP contribution in [0.5, 0.6) is 0 Å². The number of aryl methyl sites for hydroxylation is 1. The maximum Gasteiger partial charge on any atom is 0.319 e. The molecule has 0 fully saturated rings. The van der Waals surface area contributed by atoms with Gasteiger partial charge in [-0.25, -0.2) is 4.98 Å². The van der Waals surface area contributed by atoms with E-state index in [1.807, 2.05) is 25.1 Å². The van der Waals surface area contributed by atoms with Gasteiger partial charge in [-0.2, -0.15) is 8.78 Å². The van der Waals surface area contributed by atoms with Crippen molar-refractivity contribution in [3.8, 4) is 0 Å². The highest BCUT2D eigenvalue weighted by Gasteiger charge is 2.10. The molecular weight excluding hydrogens is 304 g/mol. The normalized spacial score (nSPS) is 10.9. The second-order valence-electron chi connectivity index (χ2n) is 3.90. The van der Waals surface area contributed by atoms with Crippen molar-refractivity contribution in [3.63, 3.8) is 0 Å². The number of hydrogen-bond donors (Lipinski definition) is 1. The molecule has 0 spiro atoms. The smallest absolute Gasteiger partial charge is 0.319 e. The quantitative estimate of drug-likeness (QED) is 0.925. The standard InChI is InChI=1S/C12H12BrF2N3/c1-8-4-9(13)6-10(5-8)17-7-11-16-2-3-18(11)12(14)15/h2-6,12,17H,7H2,1H3. The summed E-state index contributed by atoms with van der Waals surface area (Å²) in [4.78, 5) is 3.91. The fourth-order valence-electron chi connectivity index (χ4n) is 1.68. The molecule has 0 radical (unpaired) electrons. The van der Waals surface area contributed by atoms with Crippen LogP contribution in [0.25, 0.3) is 0 Å². The van der Waals surface area contributed by atoms with Gasteiger partial charge in [-0.1, -0.05) is 15.9 Å². The van der Waals surface area contributed by atoms with Crippen LogP contribution in [0.2, 0.25) is 0 Å². The molecule has 0 unspecified atom stereocenters. The summed E-state index contributed by atoms with van der Waals surface area (Å²) in [5.41, 5.74) is 1.95. The zero-order chi connectivity index (χ0) is 13.1. The highest BCUT2D eigenvalue weighted by Crippen LogP contribution is 2.20. The van der Waals surface area contributed by atoms with Crippen LogP contribution >= 0.6 is 15.9 Å². The summed E-state index contributed by atoms with van der Waals surface area (Å²) in [5, 5.41) is 3.08. The van der Waals surface area contributed by atoms with E-state index in [4.69, 9.17) is 0 Å². The predicted molar refractivity (Wildman–Crippen MR) is 69.7 cm³/mol. The predicted octanol–water partition coefficient (Wildman–Crippen LogP) is 3.96. The molecule has 0 bridgehead atoms. The summed E-state index contributed by atoms with van der Waals surface area (Å²) in [6.07, 6.45) is 2.64. The first-order chi connectivity index (χ1) is 8.56. The van der Waals surface area contributed by atoms with Crippen molar-refractivity contribution in [3.05, 3.63) is 46.5 Å². The Morgan fingerprint density at radius 3 is 2.83 bits per heavy atom. The van der Waals surface area contributed by atoms with Gasteiger partial charge in [0.15, 0.2) is 0 Å². The number of aromatic nitrogens is 2. The molecule has 6 heteroatoms. The lowest BCUT2D eigenvalue weighted by atomic mass is 10.2. The van der Waals surface area contributed by atoms with E-state index in [1.54, 1.807) is 0 Å². The van der Waals surface area contributed by atoms with Crippen LogP contribution in [0, 0.1) is 6.92 Å². The monoisotopic (exact) mass is 315 g/mol. The number of anilines is 1. The molecular formula is C12H12BrF2N3. The van der Waals surface area contributed by atoms with Gasteiger partial charge in [0.05, 0.1) is 6.54 Å². The fourth-order valence-corrected chi connectivity index (χ4v) is 2.29. The minimum absolute atomic E-state index is 0.257. The number of rotatable bonds is 4. The van der Waals surface area contributed by atoms with Gasteiger partial charge in [-0.05, 0) is 30.7 Å². The van der Waals surface area contributed by atoms with Crippen molar-refractivity contribution >= 4 is 21.6 Å². The Labute approximate surface area is 112 Å². The summed E-state index contributed by atoms with van der Waals surface area (Å²) in [6.45, 7) is -0.336. The number of nitrogens with zero attached hydrogens (tertiary/aromatic N) is 2. The van der Waals surface area contributed by atoms with Crippen LogP contribution in [-0.4, -0.2) is 9.55 Å². The second kappa shape index (κ2) is 5.48. The lowest BCUT2D eigenvalue weighted by molar-refractivity contribution is 0.0673. The van der Waals surface area contributed by atoms with Crippen molar-refractivity contribution in [1.82, 2.24) is 9.55 Å². The topological polar surface area (TPSA) is 29.9 Å². The van der Waals surface area contributed by atoms with Crippen LogP contribution in [0.4, 0.5) is 14.5 Å². The molecule has 0 aliphatic rings. The molecule has 2 aromatic rings. The Morgan fingerprint density at radius 2 is 2.17 bits per heavy atom. The van der Waals surface area contributed by atoms with Gasteiger partial charge >= 0.3 is 6.55 Å². The van der Waals surface area contributed by atoms with Gasteiger partial charge in [0.2, 0.25) is 0 Å². The van der Waals surface area contributed by atoms with E-state index in [1.165, 1.54) is 12.4 Å². The highest BCUT2D eigenvalue weighted by molar-refractivity contribution is 9.10. The molecule has 0 saturated carbocycles. The Kier molecular flexibility index (Phi) is 3.96. The molecule has 18 heavy (non-hydrogen) atoms. The highest BCUT2D eigenvalue weighted by atomic mass is 79.9. The van der Waals surface area contributed by atoms with Crippen molar-refractivity contribution in [2.75, 3.05) is 5.32 Å². The summed E-state index contributed by atoms with van der Waals surface area (Å²) in [6, 6.07) is 5.81. The second-order valence-corrected chi connectivity index (χ2v) is 4.81. The van der Waals surface area contributed by atoms with Crippen LogP contribution in [0.15, 0.2) is 35.1 Å². The Balaban J connectivity index is 2.09. The minimum Gasteiger partial charge on any atom is -0.378 e. The van der Waals surface area contributed by atoms with E-state index >= 15 is 0 Å². The van der Waals surface area contributed by atoms with E-state index < -0.39 is 6.55 Å². The molecule has 1 aromatic heterocycles. The maximum atomic E-state index is 12.6. The number of nitrogens with one attached hydrogen (secondary N) is 1. The average molecular weight is 316 g/mol. The molecule has 3 nitrogen and oxygen atoms in total. The fraction of sp³-hybridized carbons (Fsp3) is 0.250. The average Bonchev–Trinajstić information content (AvgIpc) is 2.73. The van der Waals surface area contributed by atoms with Crippen molar-refractivity contribution in [2.24, 2.45) is 0 Å². The summed E-state index contributed by atoms with van der Waals surface area (Å²) in [7, 11) is 0. The first kappa shape index (κ1) is 13.0. The van der Waals surface area contributed by atoms with Gasteiger partial charge < -0.3 is 5.32 Å². The Morgan fingerprint density at radius 1 is 1.39 bits per heavy atom. The molecule has 0 saturated heterocycles. The van der Waals surface area contributed by atoms with E-state index in [0.717, 1.165) is 20.3 Å². The zero-order valence-corrected chi connectivity index (χ0v) is 11.3. The van der Waals surface area contributed by atoms with Crippen LogP contribution in [0.3, 0.4) is 0 Å². The Hall–Kier alpha value is -1.43. The molecule has 0 aliphatic carbocycles. The number of imidazole rings is 1. The zero-order valence-electron chi connectivity index (χ0n) is 9.70. The third-order valence-electron chi connectivity index (χ3n) is 2.45. The lowest BCUT2D eigenvalue weighted by Gasteiger charge is -2.09. The largest absolute Gasteiger partial charge is 0.378 e. The van der Waals surface area contributed by atoms with E-state index in [9.17, 15) is 8.78 Å². The molecule has 0 atom stereocenters. The SMILES string of the molecule is Cc1cc(Br)cc(NCc2nccn2C(F)F)c1. The molecule has 2 rings (SSSR count). The third-order valence-corrected chi connectivity index (χ3v) is 2.91. The number of halogens is 3. The van der Waals surface area contributed by atoms with Gasteiger partial charge in [0.1, 0.15) is 5.82 Å². The third kappa shape index (κ3) is 3.07. The summed E-state index contributed by atoms with van der Waals surface area (Å²) < 4.78 is 27.0. The van der Waals surface area contributed by atoms with Crippen LogP contribution < -0.4 is 5.32 Å². The van der Waals surface area contributed by atoms with E-state index in [-0.39, 0.29) is 6.54 Å². The van der Waals surface area contributed by atoms with Crippen LogP contribution in [0.1, 0.15) is 17.9 Å². The van der Waals surface area contributed by atoms with Gasteiger partial charge in [0, 0.05) is 22.6 Å². The first-order valence-electron chi connectivity index (χ1n) is 5.37. The molecule has 1 heterocycles. The summed E-state index contributed by atoms with van der Waals surface area (Å²) >= 11 is 3.39. The molecule has 96 valence electrons. The van der Waals surface area contributed by atoms with Crippen molar-refractivity contribution in [2.45, 2.75) is 20.0 Å². The number of benzene rings is 1. The van der Waals surface area contributed by atoms with E-state index in [2.05, 4.69) is 26.2 Å². The first-order valence-corrected chi connectivity index (χ1v) is 6.16. The number of alkyl halides is 2. The molecule has 1 N–H and O–H groups in total. The van der Waals surface area contributed by atoms with Gasteiger partial charge in [-0.15, -0.1) is 0 Å². The molecule has 0 aliphatic heterocycles. The van der Waals surface area contributed by atoms with Gasteiger partial charge in [0.25, 0.3) is 0 Å². The summed E-state index contributed by atoms with van der Waals surface area (Å²) in [5.74, 6) is 0.308. The lowest BCUT2D eigenvalue weighted by Crippen LogP contribution is -2.09. The van der Waals surface area contributed by atoms with Crippen molar-refractivity contribution in [1.29, 1.82) is 0 Å². The molecule has 1 aromatic carbocycles. The van der Waals surface area contributed by atoms with Gasteiger partial charge in [-0.3, -0.25) is 4.57 Å². The minimum atomic E-state index is -2.56. The van der Waals surface area contributed by atoms with Crippen LogP contribution in [-0.2, 0) is 6.54 Å². The maximum absolute atomic E-state index is 12.6. The number of hydrogen-bond acceptors (Lipinski definition) is 2. The van der Waals surface area contributed by atoms with E-state index in [0.29, 0.717) is 5.82 Å².